The van der Waals surface area contributed by atoms with Crippen molar-refractivity contribution in [3.63, 3.8) is 0 Å². The highest BCUT2D eigenvalue weighted by Gasteiger charge is 2.31. The quantitative estimate of drug-likeness (QED) is 0.813. The van der Waals surface area contributed by atoms with Crippen molar-refractivity contribution in [2.45, 2.75) is 11.7 Å². The zero-order valence-corrected chi connectivity index (χ0v) is 11.9. The number of carbonyl (C=O) groups excluding carboxylic acids is 2. The highest BCUT2D eigenvalue weighted by atomic mass is 32.2. The van der Waals surface area contributed by atoms with Crippen molar-refractivity contribution in [2.75, 3.05) is 5.32 Å². The first-order chi connectivity index (χ1) is 10.1. The van der Waals surface area contributed by atoms with E-state index in [1.807, 2.05) is 42.5 Å². The summed E-state index contributed by atoms with van der Waals surface area (Å²) >= 11 is 1.08. The summed E-state index contributed by atoms with van der Waals surface area (Å²) in [5.41, 5.74) is 0.733. The molecule has 3 N–H and O–H groups in total. The number of nitrogens with one attached hydrogen (secondary N) is 3. The highest BCUT2D eigenvalue weighted by molar-refractivity contribution is 8.15. The molecule has 0 saturated carbocycles. The molecule has 6 heteroatoms. The Labute approximate surface area is 125 Å². The standard InChI is InChI=1S/C15H13N3O2S/c16-15-18-14(20)12(21-15)8-13(19)17-11-7-3-5-9-4-1-2-6-10(9)11/h1-7,12H,8H2,(H,17,19)(H2,16,18,20). The SMILES string of the molecule is N=C1NC(=O)C(CC(=O)Nc2cccc3ccccc23)S1. The minimum Gasteiger partial charge on any atom is -0.325 e. The van der Waals surface area contributed by atoms with Gasteiger partial charge in [-0.2, -0.15) is 0 Å². The van der Waals surface area contributed by atoms with Gasteiger partial charge in [-0.25, -0.2) is 0 Å². The van der Waals surface area contributed by atoms with Crippen LogP contribution in [0, 0.1) is 5.41 Å². The molecule has 5 nitrogen and oxygen atoms in total. The fraction of sp³-hybridized carbons (Fsp3) is 0.133. The maximum atomic E-state index is 12.1. The van der Waals surface area contributed by atoms with E-state index in [0.717, 1.165) is 28.2 Å². The molecule has 1 fully saturated rings. The molecule has 1 aliphatic heterocycles. The number of hydrogen-bond donors (Lipinski definition) is 3. The molecule has 1 saturated heterocycles. The van der Waals surface area contributed by atoms with Crippen LogP contribution in [0.1, 0.15) is 6.42 Å². The second kappa shape index (κ2) is 5.57. The maximum absolute atomic E-state index is 12.1. The molecule has 106 valence electrons. The van der Waals surface area contributed by atoms with Crippen LogP contribution in [0.5, 0.6) is 0 Å². The summed E-state index contributed by atoms with van der Waals surface area (Å²) in [6.07, 6.45) is 0.0576. The minimum atomic E-state index is -0.521. The number of benzene rings is 2. The Morgan fingerprint density at radius 2 is 2.00 bits per heavy atom. The van der Waals surface area contributed by atoms with E-state index in [-0.39, 0.29) is 23.4 Å². The Morgan fingerprint density at radius 3 is 2.76 bits per heavy atom. The van der Waals surface area contributed by atoms with Crippen molar-refractivity contribution in [3.8, 4) is 0 Å². The average Bonchev–Trinajstić information content (AvgIpc) is 2.77. The molecule has 0 bridgehead atoms. The van der Waals surface area contributed by atoms with E-state index in [1.54, 1.807) is 0 Å². The molecule has 21 heavy (non-hydrogen) atoms. The Balaban J connectivity index is 1.75. The van der Waals surface area contributed by atoms with Gasteiger partial charge in [0, 0.05) is 17.5 Å². The molecular weight excluding hydrogens is 286 g/mol. The van der Waals surface area contributed by atoms with Crippen molar-refractivity contribution < 1.29 is 9.59 Å². The first-order valence-corrected chi connectivity index (χ1v) is 7.35. The van der Waals surface area contributed by atoms with E-state index in [1.165, 1.54) is 0 Å². The van der Waals surface area contributed by atoms with Crippen molar-refractivity contribution >= 4 is 45.2 Å². The van der Waals surface area contributed by atoms with Gasteiger partial charge < -0.3 is 10.6 Å². The zero-order valence-electron chi connectivity index (χ0n) is 11.1. The van der Waals surface area contributed by atoms with Gasteiger partial charge >= 0.3 is 0 Å². The van der Waals surface area contributed by atoms with Gasteiger partial charge in [0.15, 0.2) is 5.17 Å². The third-order valence-electron chi connectivity index (χ3n) is 3.22. The van der Waals surface area contributed by atoms with E-state index in [2.05, 4.69) is 10.6 Å². The summed E-state index contributed by atoms with van der Waals surface area (Å²) in [4.78, 5) is 23.6. The first kappa shape index (κ1) is 13.6. The van der Waals surface area contributed by atoms with Crippen LogP contribution >= 0.6 is 11.8 Å². The number of amidine groups is 1. The predicted octanol–water partition coefficient (Wildman–Crippen LogP) is 2.33. The maximum Gasteiger partial charge on any atom is 0.240 e. The molecule has 0 radical (unpaired) electrons. The minimum absolute atomic E-state index is 0.0576. The van der Waals surface area contributed by atoms with Gasteiger partial charge in [0.2, 0.25) is 11.8 Å². The fourth-order valence-electron chi connectivity index (χ4n) is 2.26. The van der Waals surface area contributed by atoms with Gasteiger partial charge in [0.05, 0.1) is 0 Å². The van der Waals surface area contributed by atoms with Crippen LogP contribution < -0.4 is 10.6 Å². The average molecular weight is 299 g/mol. The lowest BCUT2D eigenvalue weighted by atomic mass is 10.1. The summed E-state index contributed by atoms with van der Waals surface area (Å²) in [5, 5.41) is 14.2. The summed E-state index contributed by atoms with van der Waals surface area (Å²) in [5.74, 6) is -0.508. The van der Waals surface area contributed by atoms with Crippen LogP contribution in [0.15, 0.2) is 42.5 Å². The molecule has 0 aromatic heterocycles. The molecule has 1 aliphatic rings. The summed E-state index contributed by atoms with van der Waals surface area (Å²) < 4.78 is 0. The molecule has 0 aliphatic carbocycles. The molecule has 3 rings (SSSR count). The van der Waals surface area contributed by atoms with Crippen molar-refractivity contribution in [3.05, 3.63) is 42.5 Å². The van der Waals surface area contributed by atoms with E-state index < -0.39 is 5.25 Å². The first-order valence-electron chi connectivity index (χ1n) is 6.47. The number of anilines is 1. The van der Waals surface area contributed by atoms with Crippen molar-refractivity contribution in [1.82, 2.24) is 5.32 Å². The molecule has 2 aromatic rings. The molecule has 0 spiro atoms. The van der Waals surface area contributed by atoms with Crippen LogP contribution in [-0.4, -0.2) is 22.2 Å². The van der Waals surface area contributed by atoms with Crippen molar-refractivity contribution in [1.29, 1.82) is 5.41 Å². The molecular formula is C15H13N3O2S. The zero-order chi connectivity index (χ0) is 14.8. The normalized spacial score (nSPS) is 17.8. The highest BCUT2D eigenvalue weighted by Crippen LogP contribution is 2.25. The number of fused-ring (bicyclic) bond motifs is 1. The van der Waals surface area contributed by atoms with E-state index in [0.29, 0.717) is 0 Å². The molecule has 1 unspecified atom stereocenters. The predicted molar refractivity (Wildman–Crippen MR) is 84.4 cm³/mol. The van der Waals surface area contributed by atoms with E-state index in [9.17, 15) is 9.59 Å². The molecule has 1 heterocycles. The van der Waals surface area contributed by atoms with Gasteiger partial charge in [-0.1, -0.05) is 48.2 Å². The second-order valence-corrected chi connectivity index (χ2v) is 5.92. The van der Waals surface area contributed by atoms with Gasteiger partial charge in [-0.05, 0) is 11.5 Å². The topological polar surface area (TPSA) is 82.1 Å². The molecule has 1 atom stereocenters. The molecule has 2 aromatic carbocycles. The Bertz CT molecular complexity index is 739. The van der Waals surface area contributed by atoms with E-state index in [4.69, 9.17) is 5.41 Å². The largest absolute Gasteiger partial charge is 0.325 e. The number of thioether (sulfide) groups is 1. The second-order valence-electron chi connectivity index (χ2n) is 4.70. The van der Waals surface area contributed by atoms with Crippen LogP contribution in [-0.2, 0) is 9.59 Å². The van der Waals surface area contributed by atoms with Crippen LogP contribution in [0.3, 0.4) is 0 Å². The number of carbonyl (C=O) groups is 2. The molecule has 2 amide bonds. The van der Waals surface area contributed by atoms with E-state index >= 15 is 0 Å². The van der Waals surface area contributed by atoms with Crippen LogP contribution in [0.4, 0.5) is 5.69 Å². The van der Waals surface area contributed by atoms with Gasteiger partial charge in [-0.15, -0.1) is 0 Å². The monoisotopic (exact) mass is 299 g/mol. The number of amides is 2. The van der Waals surface area contributed by atoms with Crippen molar-refractivity contribution in [2.24, 2.45) is 0 Å². The number of hydrogen-bond acceptors (Lipinski definition) is 4. The summed E-state index contributed by atoms with van der Waals surface area (Å²) in [6.45, 7) is 0. The summed E-state index contributed by atoms with van der Waals surface area (Å²) in [6, 6.07) is 13.5. The third kappa shape index (κ3) is 2.90. The van der Waals surface area contributed by atoms with Gasteiger partial charge in [-0.3, -0.25) is 15.0 Å². The van der Waals surface area contributed by atoms with Crippen LogP contribution in [0.2, 0.25) is 0 Å². The third-order valence-corrected chi connectivity index (χ3v) is 4.23. The Morgan fingerprint density at radius 1 is 1.24 bits per heavy atom. The van der Waals surface area contributed by atoms with Gasteiger partial charge in [0.25, 0.3) is 0 Å². The fourth-order valence-corrected chi connectivity index (χ4v) is 3.10. The lowest BCUT2D eigenvalue weighted by Crippen LogP contribution is -2.27. The Kier molecular flexibility index (Phi) is 3.62. The Hall–Kier alpha value is -2.34. The lowest BCUT2D eigenvalue weighted by molar-refractivity contribution is -0.122. The number of rotatable bonds is 3. The van der Waals surface area contributed by atoms with Crippen LogP contribution in [0.25, 0.3) is 10.8 Å². The van der Waals surface area contributed by atoms with Gasteiger partial charge in [0.1, 0.15) is 5.25 Å². The lowest BCUT2D eigenvalue weighted by Gasteiger charge is -2.10. The smallest absolute Gasteiger partial charge is 0.240 e. The summed E-state index contributed by atoms with van der Waals surface area (Å²) in [7, 11) is 0.